The molecule has 0 radical (unpaired) electrons. The Kier molecular flexibility index (Phi) is 6.03. The van der Waals surface area contributed by atoms with Gasteiger partial charge in [-0.25, -0.2) is 0 Å². The SMILES string of the molecule is CCOc1c(Br)cc(Cl)cc1NC1CCC(CC)CC1. The van der Waals surface area contributed by atoms with E-state index in [0.29, 0.717) is 12.6 Å². The van der Waals surface area contributed by atoms with Crippen molar-refractivity contribution in [1.82, 2.24) is 0 Å². The van der Waals surface area contributed by atoms with Crippen LogP contribution in [0.2, 0.25) is 5.02 Å². The second-order valence-electron chi connectivity index (χ2n) is 5.47. The van der Waals surface area contributed by atoms with E-state index in [-0.39, 0.29) is 0 Å². The Morgan fingerprint density at radius 1 is 1.25 bits per heavy atom. The second-order valence-corrected chi connectivity index (χ2v) is 6.76. The van der Waals surface area contributed by atoms with Gasteiger partial charge in [0.05, 0.1) is 16.8 Å². The van der Waals surface area contributed by atoms with Gasteiger partial charge in [0.15, 0.2) is 5.75 Å². The van der Waals surface area contributed by atoms with E-state index < -0.39 is 0 Å². The maximum absolute atomic E-state index is 6.16. The Morgan fingerprint density at radius 2 is 1.95 bits per heavy atom. The molecule has 0 amide bonds. The Balaban J connectivity index is 2.08. The molecule has 1 fully saturated rings. The lowest BCUT2D eigenvalue weighted by molar-refractivity contribution is 0.325. The number of benzene rings is 1. The summed E-state index contributed by atoms with van der Waals surface area (Å²) in [7, 11) is 0. The van der Waals surface area contributed by atoms with Crippen LogP contribution in [-0.2, 0) is 0 Å². The summed E-state index contributed by atoms with van der Waals surface area (Å²) in [5, 5.41) is 4.35. The Labute approximate surface area is 135 Å². The molecular weight excluding hydrogens is 338 g/mol. The first-order chi connectivity index (χ1) is 9.63. The van der Waals surface area contributed by atoms with Crippen LogP contribution >= 0.6 is 27.5 Å². The summed E-state index contributed by atoms with van der Waals surface area (Å²) in [5.74, 6) is 1.78. The maximum Gasteiger partial charge on any atom is 0.156 e. The molecular formula is C16H23BrClNO. The van der Waals surface area contributed by atoms with Gasteiger partial charge in [-0.05, 0) is 66.6 Å². The van der Waals surface area contributed by atoms with Crippen LogP contribution in [0, 0.1) is 5.92 Å². The average molecular weight is 361 g/mol. The van der Waals surface area contributed by atoms with Crippen LogP contribution in [0.5, 0.6) is 5.75 Å². The Hall–Kier alpha value is -0.410. The molecule has 0 atom stereocenters. The number of ether oxygens (including phenoxy) is 1. The zero-order chi connectivity index (χ0) is 14.5. The third-order valence-electron chi connectivity index (χ3n) is 4.08. The van der Waals surface area contributed by atoms with Crippen LogP contribution in [0.15, 0.2) is 16.6 Å². The fraction of sp³-hybridized carbons (Fsp3) is 0.625. The van der Waals surface area contributed by atoms with Gasteiger partial charge in [-0.15, -0.1) is 0 Å². The number of halogens is 2. The van der Waals surface area contributed by atoms with Crippen molar-refractivity contribution in [1.29, 1.82) is 0 Å². The molecule has 0 bridgehead atoms. The molecule has 0 aromatic heterocycles. The van der Waals surface area contributed by atoms with Crippen molar-refractivity contribution >= 4 is 33.2 Å². The topological polar surface area (TPSA) is 21.3 Å². The summed E-state index contributed by atoms with van der Waals surface area (Å²) in [6.07, 6.45) is 6.40. The average Bonchev–Trinajstić information content (AvgIpc) is 2.43. The summed E-state index contributed by atoms with van der Waals surface area (Å²) in [6, 6.07) is 4.37. The fourth-order valence-electron chi connectivity index (χ4n) is 2.89. The van der Waals surface area contributed by atoms with Crippen molar-refractivity contribution in [3.05, 3.63) is 21.6 Å². The van der Waals surface area contributed by atoms with E-state index in [1.807, 2.05) is 19.1 Å². The zero-order valence-electron chi connectivity index (χ0n) is 12.2. The standard InChI is InChI=1S/C16H23BrClNO/c1-3-11-5-7-13(8-6-11)19-15-10-12(18)9-14(17)16(15)20-4-2/h9-11,13,19H,3-8H2,1-2H3. The normalized spacial score (nSPS) is 22.6. The van der Waals surface area contributed by atoms with Crippen LogP contribution in [0.1, 0.15) is 46.0 Å². The van der Waals surface area contributed by atoms with E-state index in [2.05, 4.69) is 28.2 Å². The van der Waals surface area contributed by atoms with E-state index in [4.69, 9.17) is 16.3 Å². The van der Waals surface area contributed by atoms with Crippen LogP contribution < -0.4 is 10.1 Å². The van der Waals surface area contributed by atoms with Crippen molar-refractivity contribution in [2.45, 2.75) is 52.0 Å². The molecule has 1 N–H and O–H groups in total. The van der Waals surface area contributed by atoms with E-state index in [1.54, 1.807) is 0 Å². The first kappa shape index (κ1) is 16.0. The van der Waals surface area contributed by atoms with Gasteiger partial charge in [-0.3, -0.25) is 0 Å². The first-order valence-electron chi connectivity index (χ1n) is 7.52. The molecule has 0 spiro atoms. The lowest BCUT2D eigenvalue weighted by Crippen LogP contribution is -2.26. The minimum absolute atomic E-state index is 0.530. The molecule has 1 aromatic rings. The lowest BCUT2D eigenvalue weighted by Gasteiger charge is -2.30. The highest BCUT2D eigenvalue weighted by Crippen LogP contribution is 2.38. The van der Waals surface area contributed by atoms with Crippen LogP contribution in [0.4, 0.5) is 5.69 Å². The number of hydrogen-bond acceptors (Lipinski definition) is 2. The van der Waals surface area contributed by atoms with Crippen molar-refractivity contribution in [3.8, 4) is 5.75 Å². The predicted molar refractivity (Wildman–Crippen MR) is 90.0 cm³/mol. The van der Waals surface area contributed by atoms with Gasteiger partial charge < -0.3 is 10.1 Å². The largest absolute Gasteiger partial charge is 0.491 e. The molecule has 1 aliphatic rings. The van der Waals surface area contributed by atoms with E-state index >= 15 is 0 Å². The van der Waals surface area contributed by atoms with Crippen LogP contribution in [-0.4, -0.2) is 12.6 Å². The summed E-state index contributed by atoms with van der Waals surface area (Å²) in [4.78, 5) is 0. The number of anilines is 1. The molecule has 0 heterocycles. The second kappa shape index (κ2) is 7.56. The van der Waals surface area contributed by atoms with Gasteiger partial charge in [0.2, 0.25) is 0 Å². The molecule has 1 saturated carbocycles. The van der Waals surface area contributed by atoms with Gasteiger partial charge in [0.1, 0.15) is 0 Å². The Morgan fingerprint density at radius 3 is 2.55 bits per heavy atom. The highest BCUT2D eigenvalue weighted by Gasteiger charge is 2.21. The third kappa shape index (κ3) is 4.05. The highest BCUT2D eigenvalue weighted by molar-refractivity contribution is 9.10. The minimum atomic E-state index is 0.530. The third-order valence-corrected chi connectivity index (χ3v) is 4.89. The summed E-state index contributed by atoms with van der Waals surface area (Å²) >= 11 is 9.70. The molecule has 1 aliphatic carbocycles. The monoisotopic (exact) mass is 359 g/mol. The number of hydrogen-bond donors (Lipinski definition) is 1. The molecule has 0 unspecified atom stereocenters. The zero-order valence-corrected chi connectivity index (χ0v) is 14.6. The van der Waals surface area contributed by atoms with E-state index in [1.165, 1.54) is 32.1 Å². The molecule has 0 saturated heterocycles. The molecule has 4 heteroatoms. The highest BCUT2D eigenvalue weighted by atomic mass is 79.9. The number of nitrogens with one attached hydrogen (secondary N) is 1. The summed E-state index contributed by atoms with van der Waals surface area (Å²) in [5.41, 5.74) is 1.01. The van der Waals surface area contributed by atoms with Crippen molar-refractivity contribution in [3.63, 3.8) is 0 Å². The minimum Gasteiger partial charge on any atom is -0.491 e. The van der Waals surface area contributed by atoms with Crippen molar-refractivity contribution in [2.75, 3.05) is 11.9 Å². The van der Waals surface area contributed by atoms with Gasteiger partial charge >= 0.3 is 0 Å². The quantitative estimate of drug-likeness (QED) is 0.707. The van der Waals surface area contributed by atoms with Gasteiger partial charge in [0, 0.05) is 11.1 Å². The van der Waals surface area contributed by atoms with Gasteiger partial charge in [0.25, 0.3) is 0 Å². The molecule has 1 aromatic carbocycles. The van der Waals surface area contributed by atoms with Crippen molar-refractivity contribution < 1.29 is 4.74 Å². The van der Waals surface area contributed by atoms with Crippen LogP contribution in [0.3, 0.4) is 0 Å². The van der Waals surface area contributed by atoms with Crippen molar-refractivity contribution in [2.24, 2.45) is 5.92 Å². The first-order valence-corrected chi connectivity index (χ1v) is 8.69. The lowest BCUT2D eigenvalue weighted by atomic mass is 9.84. The number of rotatable bonds is 5. The maximum atomic E-state index is 6.16. The molecule has 20 heavy (non-hydrogen) atoms. The van der Waals surface area contributed by atoms with Crippen LogP contribution in [0.25, 0.3) is 0 Å². The molecule has 0 aliphatic heterocycles. The summed E-state index contributed by atoms with van der Waals surface area (Å²) < 4.78 is 6.65. The molecule has 112 valence electrons. The summed E-state index contributed by atoms with van der Waals surface area (Å²) in [6.45, 7) is 4.94. The Bertz CT molecular complexity index is 444. The molecule has 2 nitrogen and oxygen atoms in total. The van der Waals surface area contributed by atoms with E-state index in [9.17, 15) is 0 Å². The molecule has 2 rings (SSSR count). The van der Waals surface area contributed by atoms with E-state index in [0.717, 1.165) is 26.9 Å². The van der Waals surface area contributed by atoms with Gasteiger partial charge in [-0.1, -0.05) is 24.9 Å². The smallest absolute Gasteiger partial charge is 0.156 e. The van der Waals surface area contributed by atoms with Gasteiger partial charge in [-0.2, -0.15) is 0 Å². The predicted octanol–water partition coefficient (Wildman–Crippen LogP) is 5.88. The fourth-order valence-corrected chi connectivity index (χ4v) is 3.82.